The van der Waals surface area contributed by atoms with Crippen LogP contribution in [0.25, 0.3) is 0 Å². The number of likely N-dealkylation sites (tertiary alicyclic amines) is 2. The normalized spacial score (nSPS) is 42.9. The zero-order chi connectivity index (χ0) is 12.4. The van der Waals surface area contributed by atoms with E-state index in [1.807, 2.05) is 0 Å². The number of nitrogens with zero attached hydrogens (tertiary/aromatic N) is 2. The largest absolute Gasteiger partial charge is 0.335 e. The highest BCUT2D eigenvalue weighted by Gasteiger charge is 2.57. The van der Waals surface area contributed by atoms with Gasteiger partial charge in [0.25, 0.3) is 0 Å². The quantitative estimate of drug-likeness (QED) is 0.738. The number of carbonyl (C=O) groups excluding carboxylic acids is 1. The molecule has 0 bridgehead atoms. The van der Waals surface area contributed by atoms with Gasteiger partial charge in [0, 0.05) is 31.2 Å². The molecule has 100 valence electrons. The van der Waals surface area contributed by atoms with Gasteiger partial charge in [-0.3, -0.25) is 15.0 Å². The van der Waals surface area contributed by atoms with E-state index >= 15 is 0 Å². The fourth-order valence-electron chi connectivity index (χ4n) is 3.96. The molecule has 0 aromatic rings. The van der Waals surface area contributed by atoms with Gasteiger partial charge in [-0.15, -0.1) is 0 Å². The van der Waals surface area contributed by atoms with Crippen LogP contribution >= 0.6 is 0 Å². The second-order valence-corrected chi connectivity index (χ2v) is 6.75. The molecule has 3 saturated heterocycles. The molecule has 1 N–H and O–H groups in total. The van der Waals surface area contributed by atoms with Gasteiger partial charge in [-0.25, -0.2) is 0 Å². The number of fused-ring (bicyclic) bond motifs is 1. The molecule has 1 saturated carbocycles. The first kappa shape index (κ1) is 11.2. The molecular weight excluding hydrogens is 226 g/mol. The molecule has 1 aliphatic carbocycles. The predicted molar refractivity (Wildman–Crippen MR) is 69.2 cm³/mol. The molecule has 4 nitrogen and oxygen atoms in total. The van der Waals surface area contributed by atoms with Gasteiger partial charge in [-0.1, -0.05) is 0 Å². The van der Waals surface area contributed by atoms with Crippen molar-refractivity contribution in [1.29, 1.82) is 0 Å². The Balaban J connectivity index is 1.36. The van der Waals surface area contributed by atoms with Crippen molar-refractivity contribution in [1.82, 2.24) is 15.1 Å². The smallest absolute Gasteiger partial charge is 0.241 e. The summed E-state index contributed by atoms with van der Waals surface area (Å²) >= 11 is 0. The van der Waals surface area contributed by atoms with Crippen molar-refractivity contribution >= 4 is 5.91 Å². The van der Waals surface area contributed by atoms with Crippen LogP contribution in [0, 0.1) is 5.92 Å². The van der Waals surface area contributed by atoms with Crippen LogP contribution in [0.2, 0.25) is 0 Å². The summed E-state index contributed by atoms with van der Waals surface area (Å²) in [4.78, 5) is 17.1. The lowest BCUT2D eigenvalue weighted by Crippen LogP contribution is -2.65. The Morgan fingerprint density at radius 3 is 2.67 bits per heavy atom. The van der Waals surface area contributed by atoms with E-state index in [-0.39, 0.29) is 6.04 Å². The Hall–Kier alpha value is -0.610. The van der Waals surface area contributed by atoms with Crippen molar-refractivity contribution in [2.24, 2.45) is 5.92 Å². The molecule has 0 spiro atoms. The van der Waals surface area contributed by atoms with Crippen LogP contribution in [0.5, 0.6) is 0 Å². The lowest BCUT2D eigenvalue weighted by Gasteiger charge is -2.48. The van der Waals surface area contributed by atoms with Crippen LogP contribution in [0.3, 0.4) is 0 Å². The van der Waals surface area contributed by atoms with Gasteiger partial charge in [-0.2, -0.15) is 0 Å². The Bertz CT molecular complexity index is 379. The molecular formula is C14H23N3O. The van der Waals surface area contributed by atoms with Gasteiger partial charge >= 0.3 is 0 Å². The fourth-order valence-corrected chi connectivity index (χ4v) is 3.96. The number of amides is 1. The molecule has 3 aliphatic heterocycles. The van der Waals surface area contributed by atoms with Crippen LogP contribution < -0.4 is 5.32 Å². The van der Waals surface area contributed by atoms with Gasteiger partial charge in [0.1, 0.15) is 6.04 Å². The molecule has 4 heteroatoms. The molecule has 4 rings (SSSR count). The maximum absolute atomic E-state index is 12.4. The summed E-state index contributed by atoms with van der Waals surface area (Å²) in [6.45, 7) is 6.66. The first-order valence-electron chi connectivity index (χ1n) is 7.49. The Morgan fingerprint density at radius 2 is 2.00 bits per heavy atom. The minimum atomic E-state index is 0.173. The van der Waals surface area contributed by atoms with Gasteiger partial charge in [-0.05, 0) is 39.0 Å². The van der Waals surface area contributed by atoms with Crippen molar-refractivity contribution in [2.45, 2.75) is 63.3 Å². The second-order valence-electron chi connectivity index (χ2n) is 6.75. The topological polar surface area (TPSA) is 45.5 Å². The summed E-state index contributed by atoms with van der Waals surface area (Å²) in [5.74, 6) is 1.20. The van der Waals surface area contributed by atoms with Gasteiger partial charge in [0.2, 0.25) is 5.91 Å². The number of carbonyl (C=O) groups is 1. The maximum Gasteiger partial charge on any atom is 0.241 e. The summed E-state index contributed by atoms with van der Waals surface area (Å²) in [6.07, 6.45) is 3.83. The van der Waals surface area contributed by atoms with E-state index in [0.29, 0.717) is 30.1 Å². The highest BCUT2D eigenvalue weighted by molar-refractivity contribution is 5.87. The van der Waals surface area contributed by atoms with E-state index < -0.39 is 0 Å². The van der Waals surface area contributed by atoms with E-state index in [1.165, 1.54) is 25.8 Å². The van der Waals surface area contributed by atoms with E-state index in [2.05, 4.69) is 29.0 Å². The SMILES string of the molecule is CC(C)N1CCC2C1CN2C(=O)[C@@H]1N[C@H]1C1CC1. The lowest BCUT2D eigenvalue weighted by atomic mass is 9.95. The molecule has 0 radical (unpaired) electrons. The lowest BCUT2D eigenvalue weighted by molar-refractivity contribution is -0.141. The summed E-state index contributed by atoms with van der Waals surface area (Å²) in [5, 5.41) is 3.39. The number of hydrogen-bond donors (Lipinski definition) is 1. The minimum Gasteiger partial charge on any atom is -0.335 e. The average Bonchev–Trinajstić information content (AvgIpc) is 3.15. The van der Waals surface area contributed by atoms with E-state index in [0.717, 1.165) is 12.5 Å². The summed E-state index contributed by atoms with van der Waals surface area (Å²) in [7, 11) is 0. The third-order valence-electron chi connectivity index (χ3n) is 5.30. The van der Waals surface area contributed by atoms with Crippen LogP contribution in [-0.4, -0.2) is 59.0 Å². The van der Waals surface area contributed by atoms with Gasteiger partial charge in [0.05, 0.1) is 6.04 Å². The van der Waals surface area contributed by atoms with Crippen molar-refractivity contribution < 1.29 is 4.79 Å². The Morgan fingerprint density at radius 1 is 1.22 bits per heavy atom. The Labute approximate surface area is 109 Å². The minimum absolute atomic E-state index is 0.173. The van der Waals surface area contributed by atoms with Crippen LogP contribution in [0.4, 0.5) is 0 Å². The number of nitrogens with one attached hydrogen (secondary N) is 1. The summed E-state index contributed by atoms with van der Waals surface area (Å²) < 4.78 is 0. The highest BCUT2D eigenvalue weighted by Crippen LogP contribution is 2.42. The number of hydrogen-bond acceptors (Lipinski definition) is 3. The molecule has 0 aromatic carbocycles. The molecule has 4 aliphatic rings. The molecule has 18 heavy (non-hydrogen) atoms. The third kappa shape index (κ3) is 1.55. The molecule has 1 amide bonds. The molecule has 4 atom stereocenters. The summed E-state index contributed by atoms with van der Waals surface area (Å²) in [6, 6.07) is 2.48. The van der Waals surface area contributed by atoms with Crippen molar-refractivity contribution in [3.05, 3.63) is 0 Å². The van der Waals surface area contributed by atoms with Crippen LogP contribution in [0.1, 0.15) is 33.1 Å². The standard InChI is InChI=1S/C14H23N3O/c1-8(2)16-6-5-10-11(16)7-17(10)14(18)13-12(15-13)9-3-4-9/h8-13,15H,3-7H2,1-2H3/t10?,11?,12-,13+/m0/s1. The predicted octanol–water partition coefficient (Wildman–Crippen LogP) is 0.430. The first-order chi connectivity index (χ1) is 8.66. The average molecular weight is 249 g/mol. The highest BCUT2D eigenvalue weighted by atomic mass is 16.2. The van der Waals surface area contributed by atoms with Gasteiger partial charge in [0.15, 0.2) is 0 Å². The zero-order valence-corrected chi connectivity index (χ0v) is 11.3. The first-order valence-corrected chi connectivity index (χ1v) is 7.49. The van der Waals surface area contributed by atoms with Crippen molar-refractivity contribution in [3.8, 4) is 0 Å². The van der Waals surface area contributed by atoms with Crippen LogP contribution in [0.15, 0.2) is 0 Å². The second kappa shape index (κ2) is 3.70. The van der Waals surface area contributed by atoms with E-state index in [9.17, 15) is 4.79 Å². The van der Waals surface area contributed by atoms with E-state index in [1.54, 1.807) is 0 Å². The van der Waals surface area contributed by atoms with Gasteiger partial charge < -0.3 is 4.90 Å². The number of rotatable bonds is 3. The molecule has 4 fully saturated rings. The Kier molecular flexibility index (Phi) is 2.31. The monoisotopic (exact) mass is 249 g/mol. The van der Waals surface area contributed by atoms with Crippen molar-refractivity contribution in [3.63, 3.8) is 0 Å². The van der Waals surface area contributed by atoms with E-state index in [4.69, 9.17) is 0 Å². The van der Waals surface area contributed by atoms with Crippen LogP contribution in [-0.2, 0) is 4.79 Å². The molecule has 3 heterocycles. The fraction of sp³-hybridized carbons (Fsp3) is 0.929. The summed E-state index contributed by atoms with van der Waals surface area (Å²) in [5.41, 5.74) is 0. The molecule has 2 unspecified atom stereocenters. The maximum atomic E-state index is 12.4. The third-order valence-corrected chi connectivity index (χ3v) is 5.30. The van der Waals surface area contributed by atoms with Crippen molar-refractivity contribution in [2.75, 3.05) is 13.1 Å². The zero-order valence-electron chi connectivity index (χ0n) is 11.3. The molecule has 0 aromatic heterocycles.